The van der Waals surface area contributed by atoms with Gasteiger partial charge in [-0.1, -0.05) is 40.2 Å². The van der Waals surface area contributed by atoms with Gasteiger partial charge in [0.25, 0.3) is 0 Å². The summed E-state index contributed by atoms with van der Waals surface area (Å²) < 4.78 is 12.7. The first kappa shape index (κ1) is 18.8. The molecule has 0 saturated carbocycles. The number of hydrogen-bond donors (Lipinski definition) is 2. The summed E-state index contributed by atoms with van der Waals surface area (Å²) in [5.41, 5.74) is 3.43. The fourth-order valence-corrected chi connectivity index (χ4v) is 2.79. The number of benzene rings is 2. The van der Waals surface area contributed by atoms with E-state index in [-0.39, 0.29) is 6.61 Å². The molecule has 0 aromatic heterocycles. The fraction of sp³-hybridized carbons (Fsp3) is 0.368. The van der Waals surface area contributed by atoms with Crippen LogP contribution in [-0.2, 0) is 13.2 Å². The number of rotatable bonds is 9. The second-order valence-electron chi connectivity index (χ2n) is 5.44. The van der Waals surface area contributed by atoms with Crippen LogP contribution in [0.4, 0.5) is 0 Å². The molecule has 2 rings (SSSR count). The van der Waals surface area contributed by atoms with Crippen molar-refractivity contribution >= 4 is 15.9 Å². The van der Waals surface area contributed by atoms with E-state index in [4.69, 9.17) is 14.6 Å². The lowest BCUT2D eigenvalue weighted by atomic mass is 10.1. The minimum Gasteiger partial charge on any atom is -0.490 e. The molecule has 0 bridgehead atoms. The molecule has 0 atom stereocenters. The maximum atomic E-state index is 8.88. The van der Waals surface area contributed by atoms with Crippen molar-refractivity contribution in [3.8, 4) is 11.5 Å². The van der Waals surface area contributed by atoms with E-state index in [9.17, 15) is 0 Å². The molecule has 2 aromatic rings. The van der Waals surface area contributed by atoms with Crippen molar-refractivity contribution in [2.75, 3.05) is 19.8 Å². The average molecular weight is 394 g/mol. The van der Waals surface area contributed by atoms with Crippen LogP contribution < -0.4 is 14.8 Å². The molecule has 0 radical (unpaired) electrons. The van der Waals surface area contributed by atoms with Crippen LogP contribution in [0.5, 0.6) is 11.5 Å². The predicted molar refractivity (Wildman–Crippen MR) is 99.6 cm³/mol. The monoisotopic (exact) mass is 393 g/mol. The highest BCUT2D eigenvalue weighted by molar-refractivity contribution is 9.10. The zero-order valence-electron chi connectivity index (χ0n) is 14.1. The van der Waals surface area contributed by atoms with Crippen LogP contribution in [0, 0.1) is 6.92 Å². The molecule has 0 aliphatic rings. The van der Waals surface area contributed by atoms with Crippen molar-refractivity contribution in [1.29, 1.82) is 0 Å². The number of nitrogens with one attached hydrogen (secondary N) is 1. The van der Waals surface area contributed by atoms with Gasteiger partial charge in [0.15, 0.2) is 11.5 Å². The number of halogens is 1. The van der Waals surface area contributed by atoms with Gasteiger partial charge in [-0.25, -0.2) is 0 Å². The van der Waals surface area contributed by atoms with Crippen LogP contribution in [0.3, 0.4) is 0 Å². The summed E-state index contributed by atoms with van der Waals surface area (Å²) in [6, 6.07) is 12.1. The number of aliphatic hydroxyl groups is 1. The van der Waals surface area contributed by atoms with E-state index in [0.29, 0.717) is 26.3 Å². The van der Waals surface area contributed by atoms with E-state index in [1.54, 1.807) is 0 Å². The quantitative estimate of drug-likeness (QED) is 0.635. The summed E-state index contributed by atoms with van der Waals surface area (Å²) in [6.45, 7) is 6.44. The number of hydrogen-bond acceptors (Lipinski definition) is 4. The number of ether oxygens (including phenoxy) is 2. The summed E-state index contributed by atoms with van der Waals surface area (Å²) in [5.74, 6) is 1.45. The fourth-order valence-electron chi connectivity index (χ4n) is 2.32. The summed E-state index contributed by atoms with van der Waals surface area (Å²) in [6.07, 6.45) is 0. The Kier molecular flexibility index (Phi) is 7.56. The van der Waals surface area contributed by atoms with Crippen molar-refractivity contribution in [1.82, 2.24) is 5.32 Å². The zero-order valence-corrected chi connectivity index (χ0v) is 15.7. The van der Waals surface area contributed by atoms with Gasteiger partial charge in [0.05, 0.1) is 13.2 Å². The van der Waals surface area contributed by atoms with Crippen molar-refractivity contribution in [3.63, 3.8) is 0 Å². The van der Waals surface area contributed by atoms with Gasteiger partial charge in [0.2, 0.25) is 0 Å². The molecule has 0 saturated heterocycles. The minimum absolute atomic E-state index is 0.119. The number of aryl methyl sites for hydroxylation is 1. The van der Waals surface area contributed by atoms with E-state index in [0.717, 1.165) is 27.1 Å². The van der Waals surface area contributed by atoms with Crippen LogP contribution >= 0.6 is 15.9 Å². The van der Waals surface area contributed by atoms with Crippen LogP contribution in [-0.4, -0.2) is 24.9 Å². The topological polar surface area (TPSA) is 50.7 Å². The largest absolute Gasteiger partial charge is 0.490 e. The Hall–Kier alpha value is -1.56. The second kappa shape index (κ2) is 9.67. The maximum absolute atomic E-state index is 8.88. The Balaban J connectivity index is 2.15. The smallest absolute Gasteiger partial charge is 0.162 e. The molecule has 24 heavy (non-hydrogen) atoms. The first-order valence-corrected chi connectivity index (χ1v) is 8.89. The average Bonchev–Trinajstić information content (AvgIpc) is 2.57. The van der Waals surface area contributed by atoms with Gasteiger partial charge in [-0.15, -0.1) is 0 Å². The molecule has 4 nitrogen and oxygen atoms in total. The summed E-state index contributed by atoms with van der Waals surface area (Å²) >= 11 is 3.59. The molecule has 0 unspecified atom stereocenters. The molecule has 0 aliphatic heterocycles. The Bertz CT molecular complexity index is 661. The van der Waals surface area contributed by atoms with Crippen molar-refractivity contribution < 1.29 is 14.6 Å². The lowest BCUT2D eigenvalue weighted by Gasteiger charge is -2.16. The van der Waals surface area contributed by atoms with Gasteiger partial charge < -0.3 is 19.9 Å². The molecule has 0 aliphatic carbocycles. The van der Waals surface area contributed by atoms with Crippen LogP contribution in [0.2, 0.25) is 0 Å². The molecular formula is C19H24BrNO3. The summed E-state index contributed by atoms with van der Waals surface area (Å²) in [7, 11) is 0. The molecule has 130 valence electrons. The minimum atomic E-state index is 0.119. The van der Waals surface area contributed by atoms with Gasteiger partial charge in [0, 0.05) is 17.6 Å². The van der Waals surface area contributed by atoms with Gasteiger partial charge >= 0.3 is 0 Å². The van der Waals surface area contributed by atoms with Crippen LogP contribution in [0.15, 0.2) is 40.9 Å². The van der Waals surface area contributed by atoms with E-state index in [1.807, 2.05) is 31.2 Å². The predicted octanol–water partition coefficient (Wildman–Crippen LogP) is 3.82. The van der Waals surface area contributed by atoms with Crippen LogP contribution in [0.25, 0.3) is 0 Å². The molecule has 0 heterocycles. The molecular weight excluding hydrogens is 370 g/mol. The van der Waals surface area contributed by atoms with Gasteiger partial charge in [-0.3, -0.25) is 0 Å². The molecule has 5 heteroatoms. The Morgan fingerprint density at radius 1 is 1.08 bits per heavy atom. The van der Waals surface area contributed by atoms with Crippen molar-refractivity contribution in [2.24, 2.45) is 0 Å². The van der Waals surface area contributed by atoms with E-state index >= 15 is 0 Å². The first-order valence-electron chi connectivity index (χ1n) is 8.09. The molecule has 2 aromatic carbocycles. The third-order valence-corrected chi connectivity index (χ3v) is 4.40. The standard InChI is InChI=1S/C19H24BrNO3/c1-3-23-18-10-16(12-21-8-9-22)17(20)11-19(18)24-13-15-7-5-4-6-14(15)2/h4-7,10-11,21-22H,3,8-9,12-13H2,1-2H3. The molecule has 0 spiro atoms. The van der Waals surface area contributed by atoms with E-state index in [1.165, 1.54) is 5.56 Å². The van der Waals surface area contributed by atoms with Gasteiger partial charge in [-0.2, -0.15) is 0 Å². The summed E-state index contributed by atoms with van der Waals surface area (Å²) in [5, 5.41) is 12.0. The molecule has 2 N–H and O–H groups in total. The Morgan fingerprint density at radius 2 is 1.83 bits per heavy atom. The lowest BCUT2D eigenvalue weighted by Crippen LogP contribution is -2.17. The molecule has 0 amide bonds. The Labute approximate surface area is 151 Å². The van der Waals surface area contributed by atoms with Gasteiger partial charge in [0.1, 0.15) is 6.61 Å². The SMILES string of the molecule is CCOc1cc(CNCCO)c(Br)cc1OCc1ccccc1C. The molecule has 0 fully saturated rings. The first-order chi connectivity index (χ1) is 11.7. The second-order valence-corrected chi connectivity index (χ2v) is 6.29. The highest BCUT2D eigenvalue weighted by Gasteiger charge is 2.11. The van der Waals surface area contributed by atoms with Crippen molar-refractivity contribution in [2.45, 2.75) is 27.0 Å². The third kappa shape index (κ3) is 5.23. The number of aliphatic hydroxyl groups excluding tert-OH is 1. The van der Waals surface area contributed by atoms with Gasteiger partial charge in [-0.05, 0) is 42.7 Å². The third-order valence-electron chi connectivity index (χ3n) is 3.66. The highest BCUT2D eigenvalue weighted by atomic mass is 79.9. The zero-order chi connectivity index (χ0) is 17.4. The van der Waals surface area contributed by atoms with Crippen LogP contribution in [0.1, 0.15) is 23.6 Å². The van der Waals surface area contributed by atoms with Crippen molar-refractivity contribution in [3.05, 3.63) is 57.6 Å². The lowest BCUT2D eigenvalue weighted by molar-refractivity contribution is 0.268. The highest BCUT2D eigenvalue weighted by Crippen LogP contribution is 2.34. The normalized spacial score (nSPS) is 10.7. The maximum Gasteiger partial charge on any atom is 0.162 e. The van der Waals surface area contributed by atoms with E-state index in [2.05, 4.69) is 40.3 Å². The van der Waals surface area contributed by atoms with E-state index < -0.39 is 0 Å². The Morgan fingerprint density at radius 3 is 2.54 bits per heavy atom. The summed E-state index contributed by atoms with van der Waals surface area (Å²) in [4.78, 5) is 0.